The van der Waals surface area contributed by atoms with Crippen LogP contribution in [0.2, 0.25) is 0 Å². The number of aromatic amines is 1. The normalized spacial score (nSPS) is 19.0. The third kappa shape index (κ3) is 2.85. The molecule has 1 saturated carbocycles. The number of benzene rings is 1. The fraction of sp³-hybridized carbons (Fsp3) is 0.400. The molecule has 1 aliphatic heterocycles. The molecule has 0 radical (unpaired) electrons. The van der Waals surface area contributed by atoms with E-state index < -0.39 is 0 Å². The molecule has 8 nitrogen and oxygen atoms in total. The number of nitrogens with one attached hydrogen (secondary N) is 1. The van der Waals surface area contributed by atoms with E-state index in [2.05, 4.69) is 20.4 Å². The predicted octanol–water partition coefficient (Wildman–Crippen LogP) is 2.66. The van der Waals surface area contributed by atoms with Crippen LogP contribution >= 0.6 is 0 Å². The van der Waals surface area contributed by atoms with Gasteiger partial charge in [0.15, 0.2) is 11.6 Å². The molecule has 0 bridgehead atoms. The van der Waals surface area contributed by atoms with Crippen molar-refractivity contribution in [2.45, 2.75) is 44.8 Å². The first-order chi connectivity index (χ1) is 13.6. The van der Waals surface area contributed by atoms with Crippen molar-refractivity contribution in [3.8, 4) is 17.3 Å². The Morgan fingerprint density at radius 2 is 2.00 bits per heavy atom. The third-order valence-electron chi connectivity index (χ3n) is 5.53. The van der Waals surface area contributed by atoms with Gasteiger partial charge in [-0.15, -0.1) is 10.2 Å². The number of hydrogen-bond acceptors (Lipinski definition) is 5. The van der Waals surface area contributed by atoms with E-state index in [9.17, 15) is 4.79 Å². The second kappa shape index (κ2) is 6.47. The van der Waals surface area contributed by atoms with Gasteiger partial charge in [0, 0.05) is 18.2 Å². The summed E-state index contributed by atoms with van der Waals surface area (Å²) in [6, 6.07) is 9.43. The first kappa shape index (κ1) is 17.0. The summed E-state index contributed by atoms with van der Waals surface area (Å²) in [6.45, 7) is 2.86. The van der Waals surface area contributed by atoms with Gasteiger partial charge in [-0.1, -0.05) is 12.1 Å². The summed E-state index contributed by atoms with van der Waals surface area (Å²) < 4.78 is 7.11. The lowest BCUT2D eigenvalue weighted by molar-refractivity contribution is -0.137. The van der Waals surface area contributed by atoms with Crippen LogP contribution in [0.1, 0.15) is 48.8 Å². The smallest absolute Gasteiger partial charge is 0.246 e. The molecule has 1 aliphatic carbocycles. The van der Waals surface area contributed by atoms with Crippen LogP contribution in [0, 0.1) is 0 Å². The van der Waals surface area contributed by atoms with Gasteiger partial charge in [0.2, 0.25) is 5.91 Å². The zero-order valence-corrected chi connectivity index (χ0v) is 15.9. The summed E-state index contributed by atoms with van der Waals surface area (Å²) in [4.78, 5) is 14.8. The number of nitrogens with zero attached hydrogens (tertiary/aromatic N) is 5. The van der Waals surface area contributed by atoms with E-state index in [0.717, 1.165) is 28.5 Å². The molecule has 1 aromatic carbocycles. The molecule has 1 fully saturated rings. The molecule has 2 aromatic heterocycles. The SMILES string of the molecule is COc1ccc(CN2Cc3nnc(-c4cc(C5CC5)[nH]n4)n3[C@@H](C)C2=O)cc1. The van der Waals surface area contributed by atoms with Crippen LogP contribution in [-0.2, 0) is 17.9 Å². The summed E-state index contributed by atoms with van der Waals surface area (Å²) in [5.74, 6) is 2.89. The number of ether oxygens (including phenoxy) is 1. The predicted molar refractivity (Wildman–Crippen MR) is 102 cm³/mol. The van der Waals surface area contributed by atoms with Crippen molar-refractivity contribution >= 4 is 5.91 Å². The lowest BCUT2D eigenvalue weighted by atomic mass is 10.1. The van der Waals surface area contributed by atoms with Gasteiger partial charge in [-0.3, -0.25) is 14.5 Å². The largest absolute Gasteiger partial charge is 0.497 e. The maximum Gasteiger partial charge on any atom is 0.246 e. The monoisotopic (exact) mass is 378 g/mol. The molecule has 1 amide bonds. The van der Waals surface area contributed by atoms with E-state index in [1.54, 1.807) is 7.11 Å². The van der Waals surface area contributed by atoms with Crippen molar-refractivity contribution in [2.24, 2.45) is 0 Å². The summed E-state index contributed by atoms with van der Waals surface area (Å²) in [5.41, 5.74) is 2.95. The number of aromatic nitrogens is 5. The summed E-state index contributed by atoms with van der Waals surface area (Å²) in [5, 5.41) is 16.2. The third-order valence-corrected chi connectivity index (χ3v) is 5.53. The minimum absolute atomic E-state index is 0.0577. The maximum absolute atomic E-state index is 13.0. The van der Waals surface area contributed by atoms with Crippen LogP contribution in [0.4, 0.5) is 0 Å². The summed E-state index contributed by atoms with van der Waals surface area (Å²) in [7, 11) is 1.64. The first-order valence-electron chi connectivity index (χ1n) is 9.55. The standard InChI is InChI=1S/C20H22N6O2/c1-12-20(27)25(10-13-3-7-15(28-2)8-4-13)11-18-23-24-19(26(12)18)17-9-16(21-22-17)14-5-6-14/h3-4,7-9,12,14H,5-6,10-11H2,1-2H3,(H,21,22)/t12-/m0/s1. The number of methoxy groups -OCH3 is 1. The minimum Gasteiger partial charge on any atom is -0.497 e. The van der Waals surface area contributed by atoms with E-state index in [0.29, 0.717) is 24.8 Å². The number of amides is 1. The topological polar surface area (TPSA) is 88.9 Å². The minimum atomic E-state index is -0.368. The molecule has 0 spiro atoms. The number of rotatable bonds is 5. The number of hydrogen-bond donors (Lipinski definition) is 1. The Kier molecular flexibility index (Phi) is 3.92. The second-order valence-corrected chi connectivity index (χ2v) is 7.51. The maximum atomic E-state index is 13.0. The molecule has 3 heterocycles. The van der Waals surface area contributed by atoms with Crippen LogP contribution < -0.4 is 4.74 Å². The number of H-pyrrole nitrogens is 1. The van der Waals surface area contributed by atoms with Crippen molar-refractivity contribution < 1.29 is 9.53 Å². The average Bonchev–Trinajstić information content (AvgIpc) is 3.29. The lowest BCUT2D eigenvalue weighted by Gasteiger charge is -2.32. The Bertz CT molecular complexity index is 1020. The van der Waals surface area contributed by atoms with E-state index in [-0.39, 0.29) is 11.9 Å². The molecule has 28 heavy (non-hydrogen) atoms. The summed E-state index contributed by atoms with van der Waals surface area (Å²) in [6.07, 6.45) is 2.41. The molecule has 3 aromatic rings. The van der Waals surface area contributed by atoms with Crippen molar-refractivity contribution in [1.29, 1.82) is 0 Å². The molecule has 1 atom stereocenters. The van der Waals surface area contributed by atoms with E-state index in [1.165, 1.54) is 12.8 Å². The Morgan fingerprint density at radius 1 is 1.21 bits per heavy atom. The highest BCUT2D eigenvalue weighted by atomic mass is 16.5. The van der Waals surface area contributed by atoms with Gasteiger partial charge in [0.25, 0.3) is 0 Å². The molecule has 5 rings (SSSR count). The van der Waals surface area contributed by atoms with Crippen LogP contribution in [0.3, 0.4) is 0 Å². The second-order valence-electron chi connectivity index (χ2n) is 7.51. The molecular weight excluding hydrogens is 356 g/mol. The van der Waals surface area contributed by atoms with Gasteiger partial charge in [0.1, 0.15) is 17.5 Å². The van der Waals surface area contributed by atoms with Gasteiger partial charge in [-0.2, -0.15) is 5.10 Å². The Hall–Kier alpha value is -3.16. The molecule has 0 unspecified atom stereocenters. The van der Waals surface area contributed by atoms with Crippen LogP contribution in [0.15, 0.2) is 30.3 Å². The van der Waals surface area contributed by atoms with E-state index >= 15 is 0 Å². The molecule has 0 saturated heterocycles. The Balaban J connectivity index is 1.40. The number of carbonyl (C=O) groups is 1. The number of carbonyl (C=O) groups excluding carboxylic acids is 1. The van der Waals surface area contributed by atoms with E-state index in [1.807, 2.05) is 46.7 Å². The van der Waals surface area contributed by atoms with Gasteiger partial charge in [0.05, 0.1) is 13.7 Å². The Morgan fingerprint density at radius 3 is 2.71 bits per heavy atom. The highest BCUT2D eigenvalue weighted by Crippen LogP contribution is 2.40. The fourth-order valence-corrected chi connectivity index (χ4v) is 3.78. The fourth-order valence-electron chi connectivity index (χ4n) is 3.78. The van der Waals surface area contributed by atoms with Crippen molar-refractivity contribution in [1.82, 2.24) is 29.9 Å². The lowest BCUT2D eigenvalue weighted by Crippen LogP contribution is -2.41. The zero-order valence-electron chi connectivity index (χ0n) is 15.9. The van der Waals surface area contributed by atoms with Gasteiger partial charge < -0.3 is 9.64 Å². The summed E-state index contributed by atoms with van der Waals surface area (Å²) >= 11 is 0. The first-order valence-corrected chi connectivity index (χ1v) is 9.55. The van der Waals surface area contributed by atoms with Crippen molar-refractivity contribution in [3.05, 3.63) is 47.4 Å². The van der Waals surface area contributed by atoms with E-state index in [4.69, 9.17) is 4.74 Å². The quantitative estimate of drug-likeness (QED) is 0.737. The van der Waals surface area contributed by atoms with Gasteiger partial charge in [-0.05, 0) is 43.5 Å². The average molecular weight is 378 g/mol. The Labute approximate surface area is 162 Å². The van der Waals surface area contributed by atoms with Crippen molar-refractivity contribution in [3.63, 3.8) is 0 Å². The van der Waals surface area contributed by atoms with Gasteiger partial charge >= 0.3 is 0 Å². The van der Waals surface area contributed by atoms with Crippen LogP contribution in [-0.4, -0.2) is 42.9 Å². The molecule has 2 aliphatic rings. The molecule has 8 heteroatoms. The highest BCUT2D eigenvalue weighted by molar-refractivity contribution is 5.82. The zero-order chi connectivity index (χ0) is 19.3. The number of fused-ring (bicyclic) bond motifs is 1. The molecular formula is C20H22N6O2. The molecule has 144 valence electrons. The van der Waals surface area contributed by atoms with Crippen LogP contribution in [0.5, 0.6) is 5.75 Å². The van der Waals surface area contributed by atoms with Crippen molar-refractivity contribution in [2.75, 3.05) is 7.11 Å². The van der Waals surface area contributed by atoms with Gasteiger partial charge in [-0.25, -0.2) is 0 Å². The highest BCUT2D eigenvalue weighted by Gasteiger charge is 2.34. The van der Waals surface area contributed by atoms with Crippen LogP contribution in [0.25, 0.3) is 11.5 Å². The molecule has 1 N–H and O–H groups in total.